The van der Waals surface area contributed by atoms with Crippen LogP contribution in [0.15, 0.2) is 0 Å². The third-order valence-electron chi connectivity index (χ3n) is 3.82. The summed E-state index contributed by atoms with van der Waals surface area (Å²) >= 11 is 10.2. The van der Waals surface area contributed by atoms with Crippen LogP contribution >= 0.6 is 37.0 Å². The third kappa shape index (κ3) is 6.66. The predicted molar refractivity (Wildman–Crippen MR) is 98.0 cm³/mol. The van der Waals surface area contributed by atoms with Crippen LogP contribution in [0.2, 0.25) is 0 Å². The van der Waals surface area contributed by atoms with Gasteiger partial charge in [0.25, 0.3) is 0 Å². The molecule has 1 aliphatic heterocycles. The minimum Gasteiger partial charge on any atom is -0.282 e. The number of amides is 2. The molecule has 3 unspecified atom stereocenters. The van der Waals surface area contributed by atoms with Gasteiger partial charge in [-0.1, -0.05) is 13.3 Å². The maximum atomic E-state index is 12.4. The summed E-state index contributed by atoms with van der Waals surface area (Å²) in [7, 11) is 0. The zero-order chi connectivity index (χ0) is 17.4. The van der Waals surface area contributed by atoms with Crippen LogP contribution in [-0.4, -0.2) is 50.8 Å². The highest BCUT2D eigenvalue weighted by molar-refractivity contribution is 8.02. The SMILES string of the molecule is CCC(SC1CC(=O)N(CCCCCC(=O)F)C1=O)C(S)CS. The Morgan fingerprint density at radius 2 is 2.09 bits per heavy atom. The number of unbranched alkanes of at least 4 members (excludes halogenated alkanes) is 2. The molecule has 0 spiro atoms. The summed E-state index contributed by atoms with van der Waals surface area (Å²) in [4.78, 5) is 35.9. The smallest absolute Gasteiger partial charge is 0.282 e. The van der Waals surface area contributed by atoms with E-state index in [0.717, 1.165) is 6.42 Å². The molecule has 3 atom stereocenters. The summed E-state index contributed by atoms with van der Waals surface area (Å²) in [5.74, 6) is 0.339. The maximum absolute atomic E-state index is 12.4. The molecular weight excluding hydrogens is 357 g/mol. The monoisotopic (exact) mass is 381 g/mol. The second-order valence-electron chi connectivity index (χ2n) is 5.57. The molecule has 0 radical (unpaired) electrons. The van der Waals surface area contributed by atoms with Crippen molar-refractivity contribution >= 4 is 54.9 Å². The van der Waals surface area contributed by atoms with Crippen LogP contribution in [0, 0.1) is 0 Å². The highest BCUT2D eigenvalue weighted by Gasteiger charge is 2.40. The molecule has 4 nitrogen and oxygen atoms in total. The molecule has 23 heavy (non-hydrogen) atoms. The van der Waals surface area contributed by atoms with Crippen LogP contribution in [-0.2, 0) is 14.4 Å². The molecular formula is C15H24FNO3S3. The van der Waals surface area contributed by atoms with Crippen molar-refractivity contribution in [2.75, 3.05) is 12.3 Å². The first-order valence-electron chi connectivity index (χ1n) is 7.87. The number of carbonyl (C=O) groups excluding carboxylic acids is 3. The fourth-order valence-corrected chi connectivity index (χ4v) is 4.69. The van der Waals surface area contributed by atoms with Crippen LogP contribution in [0.1, 0.15) is 45.4 Å². The molecule has 0 aromatic heterocycles. The van der Waals surface area contributed by atoms with Crippen molar-refractivity contribution in [1.29, 1.82) is 0 Å². The van der Waals surface area contributed by atoms with Crippen LogP contribution < -0.4 is 0 Å². The Bertz CT molecular complexity index is 436. The van der Waals surface area contributed by atoms with E-state index in [1.54, 1.807) is 0 Å². The van der Waals surface area contributed by atoms with E-state index in [0.29, 0.717) is 31.6 Å². The van der Waals surface area contributed by atoms with Crippen molar-refractivity contribution in [1.82, 2.24) is 4.90 Å². The number of rotatable bonds is 11. The molecule has 0 aromatic rings. The van der Waals surface area contributed by atoms with Gasteiger partial charge in [0.05, 0.1) is 5.25 Å². The zero-order valence-electron chi connectivity index (χ0n) is 13.2. The van der Waals surface area contributed by atoms with Gasteiger partial charge in [0.15, 0.2) is 0 Å². The van der Waals surface area contributed by atoms with E-state index in [9.17, 15) is 18.8 Å². The summed E-state index contributed by atoms with van der Waals surface area (Å²) in [5, 5.41) is -0.0639. The Balaban J connectivity index is 2.45. The number of halogens is 1. The lowest BCUT2D eigenvalue weighted by atomic mass is 10.2. The zero-order valence-corrected chi connectivity index (χ0v) is 15.8. The summed E-state index contributed by atoms with van der Waals surface area (Å²) < 4.78 is 12.1. The predicted octanol–water partition coefficient (Wildman–Crippen LogP) is 2.91. The van der Waals surface area contributed by atoms with E-state index < -0.39 is 6.04 Å². The molecule has 1 heterocycles. The van der Waals surface area contributed by atoms with Crippen molar-refractivity contribution < 1.29 is 18.8 Å². The van der Waals surface area contributed by atoms with Crippen molar-refractivity contribution in [3.05, 3.63) is 0 Å². The van der Waals surface area contributed by atoms with Crippen molar-refractivity contribution in [3.63, 3.8) is 0 Å². The fourth-order valence-electron chi connectivity index (χ4n) is 2.49. The first-order chi connectivity index (χ1) is 10.9. The summed E-state index contributed by atoms with van der Waals surface area (Å²) in [6, 6.07) is -1.31. The molecule has 1 rings (SSSR count). The highest BCUT2D eigenvalue weighted by Crippen LogP contribution is 2.33. The molecule has 0 N–H and O–H groups in total. The number of nitrogens with zero attached hydrogens (tertiary/aromatic N) is 1. The van der Waals surface area contributed by atoms with Gasteiger partial charge in [-0.3, -0.25) is 19.3 Å². The lowest BCUT2D eigenvalue weighted by Gasteiger charge is -2.22. The van der Waals surface area contributed by atoms with Crippen LogP contribution in [0.5, 0.6) is 0 Å². The van der Waals surface area contributed by atoms with E-state index in [-0.39, 0.29) is 40.4 Å². The summed E-state index contributed by atoms with van der Waals surface area (Å²) in [6.07, 6.45) is 2.69. The van der Waals surface area contributed by atoms with Gasteiger partial charge >= 0.3 is 6.04 Å². The Morgan fingerprint density at radius 1 is 1.39 bits per heavy atom. The first kappa shape index (κ1) is 20.8. The third-order valence-corrected chi connectivity index (χ3v) is 6.95. The summed E-state index contributed by atoms with van der Waals surface area (Å²) in [6.45, 7) is 2.39. The molecule has 1 aliphatic rings. The van der Waals surface area contributed by atoms with E-state index in [4.69, 9.17) is 0 Å². The number of likely N-dealkylation sites (tertiary alicyclic amines) is 1. The lowest BCUT2D eigenvalue weighted by Crippen LogP contribution is -2.33. The van der Waals surface area contributed by atoms with E-state index in [2.05, 4.69) is 25.3 Å². The second kappa shape index (κ2) is 10.6. The molecule has 1 saturated heterocycles. The number of thioether (sulfide) groups is 1. The van der Waals surface area contributed by atoms with Gasteiger partial charge in [-0.05, 0) is 19.3 Å². The van der Waals surface area contributed by atoms with Gasteiger partial charge in [-0.2, -0.15) is 29.6 Å². The quantitative estimate of drug-likeness (QED) is 0.250. The Kier molecular flexibility index (Phi) is 9.61. The molecule has 0 aromatic carbocycles. The molecule has 0 bridgehead atoms. The van der Waals surface area contributed by atoms with E-state index in [1.807, 2.05) is 6.92 Å². The Morgan fingerprint density at radius 3 is 2.65 bits per heavy atom. The van der Waals surface area contributed by atoms with E-state index in [1.165, 1.54) is 16.7 Å². The van der Waals surface area contributed by atoms with Crippen LogP contribution in [0.3, 0.4) is 0 Å². The van der Waals surface area contributed by atoms with Crippen molar-refractivity contribution in [2.24, 2.45) is 0 Å². The minimum atomic E-state index is -1.31. The van der Waals surface area contributed by atoms with Crippen LogP contribution in [0.4, 0.5) is 4.39 Å². The average molecular weight is 382 g/mol. The first-order valence-corrected chi connectivity index (χ1v) is 9.96. The number of thiol groups is 2. The van der Waals surface area contributed by atoms with Crippen LogP contribution in [0.25, 0.3) is 0 Å². The number of carbonyl (C=O) groups is 3. The largest absolute Gasteiger partial charge is 0.301 e. The van der Waals surface area contributed by atoms with Gasteiger partial charge in [0.2, 0.25) is 11.8 Å². The highest BCUT2D eigenvalue weighted by atomic mass is 32.2. The number of hydrogen-bond acceptors (Lipinski definition) is 6. The van der Waals surface area contributed by atoms with Crippen molar-refractivity contribution in [3.8, 4) is 0 Å². The summed E-state index contributed by atoms with van der Waals surface area (Å²) in [5.41, 5.74) is 0. The standard InChI is InChI=1S/C15H24FNO3S3/c1-2-11(10(22)9-21)23-12-8-14(19)17(15(12)20)7-5-3-4-6-13(16)18/h10-12,21-22H,2-9H2,1H3. The Hall–Kier alpha value is -0.210. The van der Waals surface area contributed by atoms with Gasteiger partial charge < -0.3 is 0 Å². The normalized spacial score (nSPS) is 20.9. The lowest BCUT2D eigenvalue weighted by molar-refractivity contribution is -0.138. The molecule has 1 fully saturated rings. The topological polar surface area (TPSA) is 54.5 Å². The Labute approximate surface area is 152 Å². The van der Waals surface area contributed by atoms with Gasteiger partial charge in [0, 0.05) is 35.6 Å². The number of hydrogen-bond donors (Lipinski definition) is 2. The maximum Gasteiger partial charge on any atom is 0.301 e. The molecule has 132 valence electrons. The van der Waals surface area contributed by atoms with Gasteiger partial charge in [0.1, 0.15) is 0 Å². The van der Waals surface area contributed by atoms with E-state index >= 15 is 0 Å². The molecule has 0 aliphatic carbocycles. The van der Waals surface area contributed by atoms with Crippen molar-refractivity contribution in [2.45, 2.75) is 61.2 Å². The average Bonchev–Trinajstić information content (AvgIpc) is 2.78. The molecule has 8 heteroatoms. The number of imide groups is 1. The second-order valence-corrected chi connectivity index (χ2v) is 8.05. The molecule has 2 amide bonds. The van der Waals surface area contributed by atoms with Gasteiger partial charge in [-0.25, -0.2) is 0 Å². The minimum absolute atomic E-state index is 0.0866. The fraction of sp³-hybridized carbons (Fsp3) is 0.800. The molecule has 0 saturated carbocycles. The van der Waals surface area contributed by atoms with Gasteiger partial charge in [-0.15, -0.1) is 11.8 Å².